The molecular formula is C22H18ClN3O3S2. The molecule has 1 amide bonds. The van der Waals surface area contributed by atoms with Crippen LogP contribution in [-0.2, 0) is 24.2 Å². The van der Waals surface area contributed by atoms with Crippen molar-refractivity contribution in [1.82, 2.24) is 14.9 Å². The summed E-state index contributed by atoms with van der Waals surface area (Å²) < 4.78 is 6.83. The van der Waals surface area contributed by atoms with Crippen LogP contribution in [0.25, 0.3) is 15.9 Å². The molecule has 1 aromatic carbocycles. The van der Waals surface area contributed by atoms with Gasteiger partial charge in [-0.15, -0.1) is 11.3 Å². The number of thiophene rings is 1. The van der Waals surface area contributed by atoms with Crippen molar-refractivity contribution in [3.8, 4) is 5.69 Å². The van der Waals surface area contributed by atoms with Crippen LogP contribution in [0.4, 0.5) is 0 Å². The van der Waals surface area contributed by atoms with E-state index in [2.05, 4.69) is 5.32 Å². The monoisotopic (exact) mass is 471 g/mol. The molecule has 1 N–H and O–H groups in total. The lowest BCUT2D eigenvalue weighted by Gasteiger charge is -2.12. The number of fused-ring (bicyclic) bond motifs is 3. The Balaban J connectivity index is 1.48. The molecular weight excluding hydrogens is 454 g/mol. The van der Waals surface area contributed by atoms with Gasteiger partial charge in [-0.25, -0.2) is 4.98 Å². The van der Waals surface area contributed by atoms with E-state index in [1.165, 1.54) is 16.6 Å². The zero-order chi connectivity index (χ0) is 21.4. The van der Waals surface area contributed by atoms with Gasteiger partial charge in [-0.3, -0.25) is 14.2 Å². The van der Waals surface area contributed by atoms with E-state index >= 15 is 0 Å². The van der Waals surface area contributed by atoms with Crippen molar-refractivity contribution in [2.75, 3.05) is 5.75 Å². The summed E-state index contributed by atoms with van der Waals surface area (Å²) >= 11 is 8.88. The topological polar surface area (TPSA) is 77.1 Å². The van der Waals surface area contributed by atoms with Crippen molar-refractivity contribution in [2.24, 2.45) is 0 Å². The minimum absolute atomic E-state index is 0.0924. The van der Waals surface area contributed by atoms with Gasteiger partial charge in [0.2, 0.25) is 5.91 Å². The van der Waals surface area contributed by atoms with E-state index in [1.54, 1.807) is 58.6 Å². The molecule has 3 aromatic heterocycles. The fourth-order valence-corrected chi connectivity index (χ4v) is 5.99. The summed E-state index contributed by atoms with van der Waals surface area (Å²) in [6.45, 7) is 0.320. The molecule has 0 fully saturated rings. The van der Waals surface area contributed by atoms with E-state index in [-0.39, 0.29) is 17.2 Å². The van der Waals surface area contributed by atoms with Gasteiger partial charge in [0.25, 0.3) is 5.56 Å². The number of carbonyl (C=O) groups excluding carboxylic acids is 1. The Morgan fingerprint density at radius 2 is 2.10 bits per heavy atom. The van der Waals surface area contributed by atoms with Gasteiger partial charge in [-0.1, -0.05) is 23.4 Å². The average molecular weight is 472 g/mol. The number of furan rings is 1. The molecule has 0 radical (unpaired) electrons. The van der Waals surface area contributed by atoms with Crippen LogP contribution in [0.2, 0.25) is 5.02 Å². The molecule has 4 aromatic rings. The molecule has 1 aliphatic carbocycles. The fourth-order valence-electron chi connectivity index (χ4n) is 3.72. The molecule has 158 valence electrons. The van der Waals surface area contributed by atoms with Gasteiger partial charge in [-0.2, -0.15) is 0 Å². The summed E-state index contributed by atoms with van der Waals surface area (Å²) in [5, 5.41) is 4.61. The maximum atomic E-state index is 13.6. The predicted molar refractivity (Wildman–Crippen MR) is 124 cm³/mol. The molecule has 0 spiro atoms. The molecule has 0 bridgehead atoms. The van der Waals surface area contributed by atoms with Gasteiger partial charge in [0.15, 0.2) is 5.16 Å². The summed E-state index contributed by atoms with van der Waals surface area (Å²) in [4.78, 5) is 32.7. The lowest BCUT2D eigenvalue weighted by molar-refractivity contribution is -0.118. The molecule has 0 unspecified atom stereocenters. The maximum Gasteiger partial charge on any atom is 0.267 e. The first-order valence-corrected chi connectivity index (χ1v) is 12.0. The van der Waals surface area contributed by atoms with Crippen LogP contribution < -0.4 is 10.9 Å². The highest BCUT2D eigenvalue weighted by molar-refractivity contribution is 7.99. The van der Waals surface area contributed by atoms with Crippen molar-refractivity contribution in [3.05, 3.63) is 74.2 Å². The first-order chi connectivity index (χ1) is 15.1. The van der Waals surface area contributed by atoms with Crippen molar-refractivity contribution in [1.29, 1.82) is 0 Å². The summed E-state index contributed by atoms with van der Waals surface area (Å²) in [7, 11) is 0. The molecule has 9 heteroatoms. The smallest absolute Gasteiger partial charge is 0.267 e. The van der Waals surface area contributed by atoms with E-state index in [0.717, 1.165) is 29.7 Å². The van der Waals surface area contributed by atoms with E-state index in [4.69, 9.17) is 21.0 Å². The fraction of sp³-hybridized carbons (Fsp3) is 0.227. The van der Waals surface area contributed by atoms with Crippen LogP contribution >= 0.6 is 34.7 Å². The summed E-state index contributed by atoms with van der Waals surface area (Å²) in [5.41, 5.74) is 1.72. The second-order valence-corrected chi connectivity index (χ2v) is 9.66. The van der Waals surface area contributed by atoms with Gasteiger partial charge >= 0.3 is 0 Å². The van der Waals surface area contributed by atoms with Crippen LogP contribution in [0.1, 0.15) is 22.6 Å². The van der Waals surface area contributed by atoms with Crippen molar-refractivity contribution < 1.29 is 9.21 Å². The third-order valence-corrected chi connectivity index (χ3v) is 7.54. The van der Waals surface area contributed by atoms with E-state index in [9.17, 15) is 9.59 Å². The number of thioether (sulfide) groups is 1. The highest BCUT2D eigenvalue weighted by Crippen LogP contribution is 2.36. The Morgan fingerprint density at radius 1 is 1.26 bits per heavy atom. The maximum absolute atomic E-state index is 13.6. The SMILES string of the molecule is O=C(CSc1nc2sc3c(c2c(=O)n1-c1ccc(Cl)cc1)CCC3)NCc1ccco1. The number of nitrogens with zero attached hydrogens (tertiary/aromatic N) is 2. The van der Waals surface area contributed by atoms with E-state index < -0.39 is 0 Å². The molecule has 0 atom stereocenters. The number of carbonyl (C=O) groups is 1. The quantitative estimate of drug-likeness (QED) is 0.328. The number of aromatic nitrogens is 2. The zero-order valence-electron chi connectivity index (χ0n) is 16.4. The second kappa shape index (κ2) is 8.53. The summed E-state index contributed by atoms with van der Waals surface area (Å²) in [5.74, 6) is 0.660. The number of nitrogens with one attached hydrogen (secondary N) is 1. The predicted octanol–water partition coefficient (Wildman–Crippen LogP) is 4.59. The number of hydrogen-bond donors (Lipinski definition) is 1. The van der Waals surface area contributed by atoms with Crippen molar-refractivity contribution in [3.63, 3.8) is 0 Å². The Kier molecular flexibility index (Phi) is 5.60. The normalized spacial score (nSPS) is 12.9. The van der Waals surface area contributed by atoms with Gasteiger partial charge in [-0.05, 0) is 61.2 Å². The van der Waals surface area contributed by atoms with Crippen LogP contribution in [0.3, 0.4) is 0 Å². The highest BCUT2D eigenvalue weighted by atomic mass is 35.5. The standard InChI is InChI=1S/C22H18ClN3O3S2/c23-13-6-8-14(9-7-13)26-21(28)19-16-4-1-5-17(16)31-20(19)25-22(26)30-12-18(27)24-11-15-3-2-10-29-15/h2-3,6-10H,1,4-5,11-12H2,(H,24,27). The third-order valence-electron chi connectivity index (χ3n) is 5.17. The van der Waals surface area contributed by atoms with E-state index in [1.807, 2.05) is 0 Å². The lowest BCUT2D eigenvalue weighted by Crippen LogP contribution is -2.26. The minimum Gasteiger partial charge on any atom is -0.467 e. The third kappa shape index (κ3) is 4.03. The van der Waals surface area contributed by atoms with Crippen LogP contribution in [-0.4, -0.2) is 21.2 Å². The number of rotatable bonds is 6. The van der Waals surface area contributed by atoms with Crippen LogP contribution in [0.15, 0.2) is 57.0 Å². The van der Waals surface area contributed by atoms with Gasteiger partial charge < -0.3 is 9.73 Å². The zero-order valence-corrected chi connectivity index (χ0v) is 18.8. The van der Waals surface area contributed by atoms with Crippen LogP contribution in [0, 0.1) is 0 Å². The number of benzene rings is 1. The molecule has 6 nitrogen and oxygen atoms in total. The summed E-state index contributed by atoms with van der Waals surface area (Å²) in [6, 6.07) is 10.7. The number of halogens is 1. The first-order valence-electron chi connectivity index (χ1n) is 9.85. The van der Waals surface area contributed by atoms with Crippen molar-refractivity contribution in [2.45, 2.75) is 31.0 Å². The molecule has 31 heavy (non-hydrogen) atoms. The summed E-state index contributed by atoms with van der Waals surface area (Å²) in [6.07, 6.45) is 4.55. The largest absolute Gasteiger partial charge is 0.467 e. The van der Waals surface area contributed by atoms with Gasteiger partial charge in [0.1, 0.15) is 10.6 Å². The first kappa shape index (κ1) is 20.4. The molecule has 5 rings (SSSR count). The number of hydrogen-bond acceptors (Lipinski definition) is 6. The average Bonchev–Trinajstić information content (AvgIpc) is 3.49. The minimum atomic E-state index is -0.160. The number of amides is 1. The highest BCUT2D eigenvalue weighted by Gasteiger charge is 2.24. The molecule has 0 saturated carbocycles. The number of aryl methyl sites for hydroxylation is 2. The van der Waals surface area contributed by atoms with E-state index in [0.29, 0.717) is 33.6 Å². The second-order valence-electron chi connectivity index (χ2n) is 7.19. The Hall–Kier alpha value is -2.55. The molecule has 0 saturated heterocycles. The molecule has 1 aliphatic rings. The van der Waals surface area contributed by atoms with Crippen LogP contribution in [0.5, 0.6) is 0 Å². The van der Waals surface area contributed by atoms with Gasteiger partial charge in [0.05, 0.1) is 29.6 Å². The Bertz CT molecular complexity index is 1310. The molecule has 3 heterocycles. The Labute approximate surface area is 191 Å². The Morgan fingerprint density at radius 3 is 2.87 bits per heavy atom. The van der Waals surface area contributed by atoms with Gasteiger partial charge in [0, 0.05) is 9.90 Å². The lowest BCUT2D eigenvalue weighted by atomic mass is 10.2. The molecule has 0 aliphatic heterocycles. The van der Waals surface area contributed by atoms with Crippen molar-refractivity contribution >= 4 is 50.8 Å².